The second-order valence-corrected chi connectivity index (χ2v) is 5.87. The van der Waals surface area contributed by atoms with Gasteiger partial charge in [0.25, 0.3) is 0 Å². The predicted molar refractivity (Wildman–Crippen MR) is 65.2 cm³/mol. The number of hydrogen-bond acceptors (Lipinski definition) is 3. The van der Waals surface area contributed by atoms with Crippen LogP contribution in [0.3, 0.4) is 0 Å². The van der Waals surface area contributed by atoms with E-state index in [4.69, 9.17) is 4.74 Å². The van der Waals surface area contributed by atoms with Gasteiger partial charge in [-0.3, -0.25) is 0 Å². The van der Waals surface area contributed by atoms with E-state index in [1.54, 1.807) is 0 Å². The van der Waals surface area contributed by atoms with Crippen LogP contribution < -0.4 is 0 Å². The molecule has 1 saturated heterocycles. The maximum atomic E-state index is 10.5. The summed E-state index contributed by atoms with van der Waals surface area (Å²) >= 11 is 0. The van der Waals surface area contributed by atoms with Crippen molar-refractivity contribution in [3.05, 3.63) is 0 Å². The van der Waals surface area contributed by atoms with Crippen LogP contribution in [0.4, 0.5) is 0 Å². The van der Waals surface area contributed by atoms with Gasteiger partial charge in [0, 0.05) is 12.5 Å². The molecule has 0 spiro atoms. The van der Waals surface area contributed by atoms with Crippen molar-refractivity contribution in [1.82, 2.24) is 0 Å². The Labute approximate surface area is 104 Å². The summed E-state index contributed by atoms with van der Waals surface area (Å²) < 4.78 is 5.44. The Kier molecular flexibility index (Phi) is 4.06. The van der Waals surface area contributed by atoms with Gasteiger partial charge in [0.15, 0.2) is 0 Å². The zero-order chi connectivity index (χ0) is 12.3. The summed E-state index contributed by atoms with van der Waals surface area (Å²) in [6.45, 7) is 3.66. The molecule has 2 fully saturated rings. The molecule has 0 aromatic rings. The molecule has 2 unspecified atom stereocenters. The van der Waals surface area contributed by atoms with E-state index in [9.17, 15) is 10.4 Å². The molecule has 2 rings (SSSR count). The second-order valence-electron chi connectivity index (χ2n) is 5.87. The summed E-state index contributed by atoms with van der Waals surface area (Å²) in [6, 6.07) is 2.43. The van der Waals surface area contributed by atoms with Crippen LogP contribution in [0.5, 0.6) is 0 Å². The van der Waals surface area contributed by atoms with Crippen LogP contribution in [0, 0.1) is 28.6 Å². The molecule has 0 aromatic heterocycles. The highest BCUT2D eigenvalue weighted by atomic mass is 16.5. The highest BCUT2D eigenvalue weighted by Crippen LogP contribution is 2.44. The molecule has 2 atom stereocenters. The van der Waals surface area contributed by atoms with E-state index in [0.717, 1.165) is 45.1 Å². The molecule has 0 bridgehead atoms. The van der Waals surface area contributed by atoms with Gasteiger partial charge >= 0.3 is 0 Å². The fourth-order valence-electron chi connectivity index (χ4n) is 3.22. The topological polar surface area (TPSA) is 53.2 Å². The average molecular weight is 237 g/mol. The van der Waals surface area contributed by atoms with E-state index in [1.807, 2.05) is 0 Å². The minimum atomic E-state index is -0.502. The first-order chi connectivity index (χ1) is 8.18. The first-order valence-corrected chi connectivity index (χ1v) is 6.85. The van der Waals surface area contributed by atoms with Gasteiger partial charge in [0.1, 0.15) is 0 Å². The van der Waals surface area contributed by atoms with Crippen molar-refractivity contribution in [2.75, 3.05) is 13.2 Å². The lowest BCUT2D eigenvalue weighted by Gasteiger charge is -2.41. The maximum absolute atomic E-state index is 10.5. The number of nitriles is 1. The fourth-order valence-corrected chi connectivity index (χ4v) is 3.22. The van der Waals surface area contributed by atoms with Crippen molar-refractivity contribution in [3.63, 3.8) is 0 Å². The summed E-state index contributed by atoms with van der Waals surface area (Å²) in [5, 5.41) is 20.0. The number of aliphatic hydroxyl groups excluding tert-OH is 1. The molecule has 3 heteroatoms. The highest BCUT2D eigenvalue weighted by molar-refractivity contribution is 5.07. The van der Waals surface area contributed by atoms with Crippen molar-refractivity contribution in [3.8, 4) is 6.07 Å². The molecule has 17 heavy (non-hydrogen) atoms. The zero-order valence-corrected chi connectivity index (χ0v) is 10.7. The van der Waals surface area contributed by atoms with Crippen LogP contribution in [0.1, 0.15) is 45.4 Å². The van der Waals surface area contributed by atoms with Crippen LogP contribution >= 0.6 is 0 Å². The summed E-state index contributed by atoms with van der Waals surface area (Å²) in [6.07, 6.45) is 5.35. The first-order valence-electron chi connectivity index (χ1n) is 6.85. The normalized spacial score (nSPS) is 40.5. The minimum absolute atomic E-state index is 0.164. The van der Waals surface area contributed by atoms with Crippen molar-refractivity contribution in [2.24, 2.45) is 17.3 Å². The van der Waals surface area contributed by atoms with Gasteiger partial charge in [-0.2, -0.15) is 5.26 Å². The van der Waals surface area contributed by atoms with E-state index >= 15 is 0 Å². The van der Waals surface area contributed by atoms with Crippen LogP contribution in [-0.2, 0) is 4.74 Å². The maximum Gasteiger partial charge on any atom is 0.0836 e. The quantitative estimate of drug-likeness (QED) is 0.802. The standard InChI is InChI=1S/C14H23NO2/c1-11-4-6-14(10-15,7-5-11)13(16)12-3-2-8-17-9-12/h11-13,16H,2-9H2,1H3. The number of rotatable bonds is 2. The smallest absolute Gasteiger partial charge is 0.0836 e. The van der Waals surface area contributed by atoms with Crippen molar-refractivity contribution in [2.45, 2.75) is 51.6 Å². The van der Waals surface area contributed by atoms with E-state index in [0.29, 0.717) is 12.5 Å². The fraction of sp³-hybridized carbons (Fsp3) is 0.929. The third kappa shape index (κ3) is 2.64. The largest absolute Gasteiger partial charge is 0.391 e. The van der Waals surface area contributed by atoms with Crippen LogP contribution in [0.25, 0.3) is 0 Å². The van der Waals surface area contributed by atoms with Crippen molar-refractivity contribution < 1.29 is 9.84 Å². The number of aliphatic hydroxyl groups is 1. The van der Waals surface area contributed by atoms with Gasteiger partial charge in [-0.1, -0.05) is 6.92 Å². The van der Waals surface area contributed by atoms with E-state index < -0.39 is 11.5 Å². The van der Waals surface area contributed by atoms with Gasteiger partial charge < -0.3 is 9.84 Å². The monoisotopic (exact) mass is 237 g/mol. The SMILES string of the molecule is CC1CCC(C#N)(C(O)C2CCCOC2)CC1. The van der Waals surface area contributed by atoms with Gasteiger partial charge in [-0.25, -0.2) is 0 Å². The molecule has 0 amide bonds. The predicted octanol–water partition coefficient (Wildman–Crippen LogP) is 2.49. The van der Waals surface area contributed by atoms with E-state index in [1.165, 1.54) is 0 Å². The van der Waals surface area contributed by atoms with Gasteiger partial charge in [0.05, 0.1) is 24.2 Å². The number of nitrogens with zero attached hydrogens (tertiary/aromatic N) is 1. The van der Waals surface area contributed by atoms with Gasteiger partial charge in [-0.05, 0) is 44.4 Å². The third-order valence-electron chi connectivity index (χ3n) is 4.60. The highest BCUT2D eigenvalue weighted by Gasteiger charge is 2.44. The summed E-state index contributed by atoms with van der Waals surface area (Å²) in [4.78, 5) is 0. The molecule has 96 valence electrons. The molecule has 0 aromatic carbocycles. The van der Waals surface area contributed by atoms with E-state index in [-0.39, 0.29) is 5.92 Å². The molecule has 1 N–H and O–H groups in total. The number of ether oxygens (including phenoxy) is 1. The van der Waals surface area contributed by atoms with Crippen LogP contribution in [-0.4, -0.2) is 24.4 Å². The summed E-state index contributed by atoms with van der Waals surface area (Å²) in [5.74, 6) is 0.864. The molecule has 1 saturated carbocycles. The summed E-state index contributed by atoms with van der Waals surface area (Å²) in [5.41, 5.74) is -0.502. The third-order valence-corrected chi connectivity index (χ3v) is 4.60. The molecular formula is C14H23NO2. The van der Waals surface area contributed by atoms with Crippen LogP contribution in [0.15, 0.2) is 0 Å². The van der Waals surface area contributed by atoms with Crippen LogP contribution in [0.2, 0.25) is 0 Å². The Morgan fingerprint density at radius 3 is 2.59 bits per heavy atom. The molecule has 1 heterocycles. The average Bonchev–Trinajstić information content (AvgIpc) is 2.40. The Bertz CT molecular complexity index is 283. The Hall–Kier alpha value is -0.590. The van der Waals surface area contributed by atoms with E-state index in [2.05, 4.69) is 13.0 Å². The lowest BCUT2D eigenvalue weighted by Crippen LogP contribution is -2.44. The van der Waals surface area contributed by atoms with Gasteiger partial charge in [-0.15, -0.1) is 0 Å². The number of hydrogen-bond donors (Lipinski definition) is 1. The Morgan fingerprint density at radius 2 is 2.06 bits per heavy atom. The molecule has 1 aliphatic heterocycles. The molecule has 0 radical (unpaired) electrons. The lowest BCUT2D eigenvalue weighted by atomic mass is 9.65. The van der Waals surface area contributed by atoms with Crippen molar-refractivity contribution in [1.29, 1.82) is 5.26 Å². The molecular weight excluding hydrogens is 214 g/mol. The Morgan fingerprint density at radius 1 is 1.35 bits per heavy atom. The minimum Gasteiger partial charge on any atom is -0.391 e. The summed E-state index contributed by atoms with van der Waals surface area (Å²) in [7, 11) is 0. The Balaban J connectivity index is 2.04. The van der Waals surface area contributed by atoms with Gasteiger partial charge in [0.2, 0.25) is 0 Å². The second kappa shape index (κ2) is 5.37. The first kappa shape index (κ1) is 12.9. The molecule has 3 nitrogen and oxygen atoms in total. The lowest BCUT2D eigenvalue weighted by molar-refractivity contribution is -0.0656. The molecule has 2 aliphatic rings. The van der Waals surface area contributed by atoms with Crippen molar-refractivity contribution >= 4 is 0 Å². The molecule has 1 aliphatic carbocycles. The zero-order valence-electron chi connectivity index (χ0n) is 10.7.